The number of benzene rings is 3. The summed E-state index contributed by atoms with van der Waals surface area (Å²) in [4.78, 5) is 60.7. The van der Waals surface area contributed by atoms with Crippen LogP contribution in [0.15, 0.2) is 96.8 Å². The molecular weight excluding hydrogens is 939 g/mol. The van der Waals surface area contributed by atoms with E-state index in [1.54, 1.807) is 23.5 Å². The molecule has 3 amide bonds. The summed E-state index contributed by atoms with van der Waals surface area (Å²) < 4.78 is 0. The molecule has 73 heavy (non-hydrogen) atoms. The standard InChI is InChI=1S/C56H65N11O5S/c1-32-50(73-31-61-32)37-11-9-33(10-12-37)25-60-54(71)47-23-42(68)29-67(47)55(72)51(56(2,3)4)63-53(70)38-19-17-35(18-20-38)34-13-15-36(16-14-34)40-26-58-49(59-27-40)22-39-21-41-28-66(30-45(39)62-41)46-24-44(64-65-52(46)57)43-7-5-6-8-48(43)69/h5-16,24,26-27,31,35,38-39,41-42,45,47,51,62,68-69H,17-23,25,28-30H2,1-4H3,(H2,57,65)(H,60,71)(H,63,70)/t35?,38?,39?,41?,42-,45?,47+,51-/m1/s1. The van der Waals surface area contributed by atoms with Gasteiger partial charge in [0.25, 0.3) is 0 Å². The first-order chi connectivity index (χ1) is 35.1. The number of carbonyl (C=O) groups excluding carboxylic acids is 3. The molecule has 6 heterocycles. The number of aryl methyl sites for hydroxylation is 1. The number of aromatic hydroxyl groups is 1. The molecule has 3 aromatic heterocycles. The number of rotatable bonds is 13. The molecular formula is C56H65N11O5S. The van der Waals surface area contributed by atoms with E-state index in [2.05, 4.69) is 60.3 Å². The Bertz CT molecular complexity index is 2940. The quantitative estimate of drug-likeness (QED) is 0.0700. The van der Waals surface area contributed by atoms with Crippen molar-refractivity contribution in [1.82, 2.24) is 46.0 Å². The van der Waals surface area contributed by atoms with Crippen LogP contribution < -0.4 is 26.6 Å². The molecule has 3 aliphatic heterocycles. The monoisotopic (exact) mass is 1000 g/mol. The van der Waals surface area contributed by atoms with E-state index in [1.165, 1.54) is 10.5 Å². The van der Waals surface area contributed by atoms with E-state index in [-0.39, 0.29) is 54.9 Å². The number of amides is 3. The van der Waals surface area contributed by atoms with Crippen LogP contribution in [0.3, 0.4) is 0 Å². The molecule has 380 valence electrons. The van der Waals surface area contributed by atoms with Gasteiger partial charge in [0, 0.05) is 80.5 Å². The highest BCUT2D eigenvalue weighted by atomic mass is 32.1. The number of aromatic nitrogens is 5. The first-order valence-corrected chi connectivity index (χ1v) is 26.4. The summed E-state index contributed by atoms with van der Waals surface area (Å²) in [6.45, 7) is 9.58. The molecule has 2 bridgehead atoms. The van der Waals surface area contributed by atoms with Crippen LogP contribution in [-0.2, 0) is 27.3 Å². The van der Waals surface area contributed by atoms with Gasteiger partial charge in [0.15, 0.2) is 5.82 Å². The number of aliphatic hydroxyl groups excluding tert-OH is 1. The molecule has 6 aromatic rings. The lowest BCUT2D eigenvalue weighted by Crippen LogP contribution is -2.58. The van der Waals surface area contributed by atoms with Crippen molar-refractivity contribution >= 4 is 40.6 Å². The van der Waals surface area contributed by atoms with Crippen LogP contribution in [0, 0.1) is 24.2 Å². The Balaban J connectivity index is 0.700. The number of hydrogen-bond donors (Lipinski definition) is 6. The van der Waals surface area contributed by atoms with Gasteiger partial charge in [0.05, 0.1) is 33.6 Å². The summed E-state index contributed by atoms with van der Waals surface area (Å²) in [5.41, 5.74) is 15.7. The number of β-amino-alcohol motifs (C(OH)–C–C–N with tert-alkyl or cyclic N) is 1. The van der Waals surface area contributed by atoms with Crippen LogP contribution in [0.25, 0.3) is 32.8 Å². The fraction of sp³-hybridized carbons (Fsp3) is 0.429. The van der Waals surface area contributed by atoms with Crippen LogP contribution in [0.2, 0.25) is 0 Å². The maximum absolute atomic E-state index is 14.3. The van der Waals surface area contributed by atoms with E-state index in [4.69, 9.17) is 15.7 Å². The number of thiazole rings is 1. The van der Waals surface area contributed by atoms with Crippen LogP contribution in [0.5, 0.6) is 5.75 Å². The van der Waals surface area contributed by atoms with Crippen LogP contribution in [0.4, 0.5) is 11.5 Å². The number of para-hydroxylation sites is 1. The highest BCUT2D eigenvalue weighted by Crippen LogP contribution is 2.39. The van der Waals surface area contributed by atoms with Gasteiger partial charge in [-0.2, -0.15) is 0 Å². The fourth-order valence-corrected chi connectivity index (χ4v) is 12.2. The van der Waals surface area contributed by atoms with Crippen molar-refractivity contribution in [2.24, 2.45) is 17.3 Å². The number of aliphatic hydroxyl groups is 1. The summed E-state index contributed by atoms with van der Waals surface area (Å²) in [7, 11) is 0. The van der Waals surface area contributed by atoms with E-state index in [0.717, 1.165) is 83.1 Å². The van der Waals surface area contributed by atoms with Crippen molar-refractivity contribution in [3.8, 4) is 38.6 Å². The van der Waals surface area contributed by atoms with Crippen molar-refractivity contribution < 1.29 is 24.6 Å². The van der Waals surface area contributed by atoms with Gasteiger partial charge in [-0.3, -0.25) is 14.4 Å². The summed E-state index contributed by atoms with van der Waals surface area (Å²) in [5, 5.41) is 39.5. The number of nitrogen functional groups attached to an aromatic ring is 1. The summed E-state index contributed by atoms with van der Waals surface area (Å²) in [6, 6.07) is 24.4. The van der Waals surface area contributed by atoms with Crippen LogP contribution in [0.1, 0.15) is 87.9 Å². The lowest BCUT2D eigenvalue weighted by Gasteiger charge is -2.37. The second-order valence-electron chi connectivity index (χ2n) is 21.5. The number of anilines is 2. The normalized spacial score (nSPS) is 23.3. The molecule has 3 saturated heterocycles. The molecule has 1 saturated carbocycles. The number of hydrogen-bond acceptors (Lipinski definition) is 14. The molecule has 1 aliphatic carbocycles. The molecule has 0 spiro atoms. The van der Waals surface area contributed by atoms with Crippen molar-refractivity contribution in [3.63, 3.8) is 0 Å². The Hall–Kier alpha value is -6.82. The third kappa shape index (κ3) is 10.9. The van der Waals surface area contributed by atoms with Crippen molar-refractivity contribution in [2.45, 2.75) is 115 Å². The van der Waals surface area contributed by atoms with Crippen molar-refractivity contribution in [3.05, 3.63) is 119 Å². The predicted octanol–water partition coefficient (Wildman–Crippen LogP) is 6.81. The maximum atomic E-state index is 14.3. The SMILES string of the molecule is Cc1ncsc1-c1ccc(CNC(=O)[C@@H]2C[C@@H](O)CN2C(=O)[C@@H](NC(=O)C2CCC(c3ccc(-c4cnc(CC5CC6CN(c7cc(-c8ccccc8O)nnc7N)CC5N6)nc4)cc3)CC2)C(C)(C)C)cc1. The minimum Gasteiger partial charge on any atom is -0.507 e. The lowest BCUT2D eigenvalue weighted by atomic mass is 9.77. The molecule has 3 aromatic carbocycles. The Morgan fingerprint density at radius 1 is 0.863 bits per heavy atom. The Labute approximate surface area is 430 Å². The van der Waals surface area contributed by atoms with Gasteiger partial charge >= 0.3 is 0 Å². The minimum absolute atomic E-state index is 0.0265. The number of piperazine rings is 1. The average Bonchev–Trinajstić information content (AvgIpc) is 4.09. The predicted molar refractivity (Wildman–Crippen MR) is 282 cm³/mol. The smallest absolute Gasteiger partial charge is 0.246 e. The summed E-state index contributed by atoms with van der Waals surface area (Å²) >= 11 is 1.59. The number of phenolic OH excluding ortho intramolecular Hbond substituents is 1. The number of likely N-dealkylation sites (tertiary alicyclic amines) is 1. The number of nitrogens with one attached hydrogen (secondary N) is 3. The lowest BCUT2D eigenvalue weighted by molar-refractivity contribution is -0.144. The van der Waals surface area contributed by atoms with E-state index < -0.39 is 23.6 Å². The topological polar surface area (TPSA) is 225 Å². The molecule has 10 rings (SSSR count). The van der Waals surface area contributed by atoms with Gasteiger partial charge in [-0.15, -0.1) is 21.5 Å². The Kier molecular flexibility index (Phi) is 14.3. The largest absolute Gasteiger partial charge is 0.507 e. The number of carbonyl (C=O) groups is 3. The van der Waals surface area contributed by atoms with Gasteiger partial charge in [-0.1, -0.05) is 81.4 Å². The second kappa shape index (κ2) is 21.0. The first-order valence-electron chi connectivity index (χ1n) is 25.5. The van der Waals surface area contributed by atoms with Gasteiger partial charge in [0.1, 0.15) is 23.7 Å². The Morgan fingerprint density at radius 2 is 1.59 bits per heavy atom. The fourth-order valence-electron chi connectivity index (χ4n) is 11.4. The zero-order chi connectivity index (χ0) is 51.0. The highest BCUT2D eigenvalue weighted by Gasteiger charge is 2.45. The second-order valence-corrected chi connectivity index (χ2v) is 22.4. The third-order valence-corrected chi connectivity index (χ3v) is 16.4. The Morgan fingerprint density at radius 3 is 2.29 bits per heavy atom. The van der Waals surface area contributed by atoms with E-state index in [1.807, 2.05) is 88.1 Å². The zero-order valence-electron chi connectivity index (χ0n) is 41.9. The van der Waals surface area contributed by atoms with Gasteiger partial charge in [0.2, 0.25) is 17.7 Å². The molecule has 16 nitrogen and oxygen atoms in total. The van der Waals surface area contributed by atoms with Crippen LogP contribution in [-0.4, -0.2) is 108 Å². The van der Waals surface area contributed by atoms with Crippen LogP contribution >= 0.6 is 11.3 Å². The number of fused-ring (bicyclic) bond motifs is 2. The third-order valence-electron chi connectivity index (χ3n) is 15.4. The van der Waals surface area contributed by atoms with Gasteiger partial charge < -0.3 is 41.7 Å². The number of phenols is 1. The number of nitrogens with zero attached hydrogens (tertiary/aromatic N) is 7. The zero-order valence-corrected chi connectivity index (χ0v) is 42.7. The molecule has 0 radical (unpaired) electrons. The van der Waals surface area contributed by atoms with Crippen molar-refractivity contribution in [1.29, 1.82) is 0 Å². The summed E-state index contributed by atoms with van der Waals surface area (Å²) in [5.74, 6) is 0.928. The molecule has 17 heteroatoms. The molecule has 4 fully saturated rings. The van der Waals surface area contributed by atoms with Gasteiger partial charge in [-0.25, -0.2) is 15.0 Å². The van der Waals surface area contributed by atoms with Crippen molar-refractivity contribution in [2.75, 3.05) is 30.3 Å². The molecule has 3 unspecified atom stereocenters. The minimum atomic E-state index is -0.874. The highest BCUT2D eigenvalue weighted by molar-refractivity contribution is 7.13. The molecule has 4 aliphatic rings. The molecule has 6 atom stereocenters. The van der Waals surface area contributed by atoms with Gasteiger partial charge in [-0.05, 0) is 96.7 Å². The summed E-state index contributed by atoms with van der Waals surface area (Å²) in [6.07, 6.45) is 7.96. The van der Waals surface area contributed by atoms with E-state index in [0.29, 0.717) is 47.8 Å². The van der Waals surface area contributed by atoms with E-state index in [9.17, 15) is 24.6 Å². The molecule has 7 N–H and O–H groups in total. The number of nitrogens with two attached hydrogens (primary N) is 1. The van der Waals surface area contributed by atoms with E-state index >= 15 is 0 Å². The first kappa shape index (κ1) is 49.7. The average molecular weight is 1000 g/mol. The maximum Gasteiger partial charge on any atom is 0.246 e.